The van der Waals surface area contributed by atoms with Gasteiger partial charge in [0.1, 0.15) is 9.84 Å². The van der Waals surface area contributed by atoms with Crippen LogP contribution in [0.5, 0.6) is 0 Å². The third kappa shape index (κ3) is 4.25. The van der Waals surface area contributed by atoms with Crippen LogP contribution >= 0.6 is 11.6 Å². The third-order valence-electron chi connectivity index (χ3n) is 5.13. The van der Waals surface area contributed by atoms with E-state index >= 15 is 0 Å². The smallest absolute Gasteiger partial charge is 0.250 e. The number of primary amides is 1. The van der Waals surface area contributed by atoms with Gasteiger partial charge in [0, 0.05) is 11.6 Å². The van der Waals surface area contributed by atoms with E-state index in [0.717, 1.165) is 28.5 Å². The molecule has 1 fully saturated rings. The van der Waals surface area contributed by atoms with Crippen molar-refractivity contribution in [2.24, 2.45) is 11.5 Å². The molecule has 1 aliphatic rings. The second kappa shape index (κ2) is 8.01. The molecule has 1 saturated heterocycles. The number of aromatic amines is 1. The van der Waals surface area contributed by atoms with Crippen molar-refractivity contribution in [1.82, 2.24) is 4.98 Å². The van der Waals surface area contributed by atoms with E-state index in [1.807, 2.05) is 25.3 Å². The molecular weight excluding hydrogens is 398 g/mol. The molecule has 2 aromatic rings. The number of aromatic nitrogens is 1. The fourth-order valence-corrected chi connectivity index (χ4v) is 5.39. The Kier molecular flexibility index (Phi) is 5.86. The number of fused-ring (bicyclic) bond motifs is 1. The van der Waals surface area contributed by atoms with Gasteiger partial charge in [-0.05, 0) is 60.1 Å². The van der Waals surface area contributed by atoms with Gasteiger partial charge in [0.25, 0.3) is 5.91 Å². The lowest BCUT2D eigenvalue weighted by atomic mass is 9.90. The molecular formula is C20H24ClN3O3S. The molecule has 5 N–H and O–H groups in total. The summed E-state index contributed by atoms with van der Waals surface area (Å²) >= 11 is 5.88. The van der Waals surface area contributed by atoms with Crippen molar-refractivity contribution >= 4 is 43.8 Å². The van der Waals surface area contributed by atoms with Crippen molar-refractivity contribution in [2.75, 3.05) is 11.5 Å². The van der Waals surface area contributed by atoms with Crippen LogP contribution in [-0.2, 0) is 9.84 Å². The number of H-pyrrole nitrogens is 1. The number of carbonyl (C=O) groups is 1. The number of hydrogen-bond donors (Lipinski definition) is 3. The van der Waals surface area contributed by atoms with Crippen LogP contribution in [0.2, 0.25) is 0 Å². The summed E-state index contributed by atoms with van der Waals surface area (Å²) in [5, 5.41) is 1.02. The zero-order chi connectivity index (χ0) is 20.5. The first kappa shape index (κ1) is 20.5. The number of halogens is 1. The average Bonchev–Trinajstić information content (AvgIpc) is 3.04. The van der Waals surface area contributed by atoms with E-state index < -0.39 is 15.7 Å². The molecule has 8 heteroatoms. The fourth-order valence-electron chi connectivity index (χ4n) is 3.78. The topological polar surface area (TPSA) is 119 Å². The minimum atomic E-state index is -2.95. The number of nitrogens with one attached hydrogen (secondary N) is 1. The lowest BCUT2D eigenvalue weighted by Gasteiger charge is -2.21. The Morgan fingerprint density at radius 3 is 2.54 bits per heavy atom. The predicted octanol–water partition coefficient (Wildman–Crippen LogP) is 3.39. The Labute approximate surface area is 169 Å². The van der Waals surface area contributed by atoms with Gasteiger partial charge in [-0.15, -0.1) is 0 Å². The summed E-state index contributed by atoms with van der Waals surface area (Å²) in [6, 6.07) is 3.71. The first-order valence-electron chi connectivity index (χ1n) is 9.20. The third-order valence-corrected chi connectivity index (χ3v) is 6.96. The van der Waals surface area contributed by atoms with Gasteiger partial charge in [0.05, 0.1) is 27.7 Å². The summed E-state index contributed by atoms with van der Waals surface area (Å²) in [7, 11) is -2.95. The first-order chi connectivity index (χ1) is 13.2. The molecule has 0 aliphatic carbocycles. The molecule has 3 rings (SSSR count). The standard InChI is InChI=1S/C20H24ClN3O3S/c1-2-3-13(10-18(21)22)14-8-15-17(12-4-6-28(26,27)7-5-12)11-24-19(15)16(9-14)20(23)25/h3,8-12,24H,2,4-7,22H2,1H3,(H2,23,25)/b13-3+,18-10-. The number of nitrogens with two attached hydrogens (primary N) is 2. The first-order valence-corrected chi connectivity index (χ1v) is 11.4. The lowest BCUT2D eigenvalue weighted by Crippen LogP contribution is -2.22. The van der Waals surface area contributed by atoms with Crippen molar-refractivity contribution < 1.29 is 13.2 Å². The zero-order valence-electron chi connectivity index (χ0n) is 15.7. The van der Waals surface area contributed by atoms with Crippen LogP contribution in [0.25, 0.3) is 16.5 Å². The molecule has 0 spiro atoms. The molecule has 0 saturated carbocycles. The van der Waals surface area contributed by atoms with Crippen molar-refractivity contribution in [3.05, 3.63) is 52.3 Å². The Morgan fingerprint density at radius 2 is 1.96 bits per heavy atom. The molecule has 28 heavy (non-hydrogen) atoms. The highest BCUT2D eigenvalue weighted by Crippen LogP contribution is 2.36. The van der Waals surface area contributed by atoms with Crippen LogP contribution in [-0.4, -0.2) is 30.8 Å². The summed E-state index contributed by atoms with van der Waals surface area (Å²) in [4.78, 5) is 15.2. The quantitative estimate of drug-likeness (QED) is 0.506. The minimum Gasteiger partial charge on any atom is -0.389 e. The highest BCUT2D eigenvalue weighted by Gasteiger charge is 2.27. The van der Waals surface area contributed by atoms with E-state index in [2.05, 4.69) is 4.98 Å². The molecule has 1 aromatic heterocycles. The maximum Gasteiger partial charge on any atom is 0.250 e. The van der Waals surface area contributed by atoms with Crippen molar-refractivity contribution in [2.45, 2.75) is 32.1 Å². The average molecular weight is 422 g/mol. The highest BCUT2D eigenvalue weighted by molar-refractivity contribution is 7.91. The molecule has 1 aromatic carbocycles. The zero-order valence-corrected chi connectivity index (χ0v) is 17.2. The van der Waals surface area contributed by atoms with E-state index in [4.69, 9.17) is 23.1 Å². The Morgan fingerprint density at radius 1 is 1.29 bits per heavy atom. The summed E-state index contributed by atoms with van der Waals surface area (Å²) in [6.07, 6.45) is 7.38. The predicted molar refractivity (Wildman–Crippen MR) is 114 cm³/mol. The molecule has 150 valence electrons. The molecule has 2 heterocycles. The molecule has 0 atom stereocenters. The monoisotopic (exact) mass is 421 g/mol. The second-order valence-electron chi connectivity index (χ2n) is 7.08. The normalized spacial score (nSPS) is 18.5. The minimum absolute atomic E-state index is 0.112. The molecule has 6 nitrogen and oxygen atoms in total. The number of allylic oxidation sites excluding steroid dienone is 3. The largest absolute Gasteiger partial charge is 0.389 e. The maximum absolute atomic E-state index is 12.1. The van der Waals surface area contributed by atoms with E-state index in [9.17, 15) is 13.2 Å². The van der Waals surface area contributed by atoms with Crippen molar-refractivity contribution in [1.29, 1.82) is 0 Å². The van der Waals surface area contributed by atoms with Gasteiger partial charge in [-0.25, -0.2) is 8.42 Å². The Balaban J connectivity index is 2.16. The van der Waals surface area contributed by atoms with Gasteiger partial charge >= 0.3 is 0 Å². The highest BCUT2D eigenvalue weighted by atomic mass is 35.5. The number of carbonyl (C=O) groups excluding carboxylic acids is 1. The SMILES string of the molecule is CC/C=C(\C=C(/N)Cl)c1cc(C(N)=O)c2[nH]cc(C3CCS(=O)(=O)CC3)c2c1. The van der Waals surface area contributed by atoms with E-state index in [-0.39, 0.29) is 22.6 Å². The number of hydrogen-bond acceptors (Lipinski definition) is 4. The number of sulfone groups is 1. The summed E-state index contributed by atoms with van der Waals surface area (Å²) < 4.78 is 23.6. The molecule has 0 unspecified atom stereocenters. The van der Waals surface area contributed by atoms with Gasteiger partial charge in [-0.3, -0.25) is 4.79 Å². The van der Waals surface area contributed by atoms with Crippen LogP contribution in [0.15, 0.2) is 35.6 Å². The Bertz CT molecular complexity index is 1070. The van der Waals surface area contributed by atoms with Crippen LogP contribution in [0, 0.1) is 0 Å². The van der Waals surface area contributed by atoms with Crippen molar-refractivity contribution in [3.8, 4) is 0 Å². The summed E-state index contributed by atoms with van der Waals surface area (Å²) in [5.41, 5.74) is 14.9. The number of amides is 1. The summed E-state index contributed by atoms with van der Waals surface area (Å²) in [6.45, 7) is 2.00. The van der Waals surface area contributed by atoms with Crippen LogP contribution in [0.3, 0.4) is 0 Å². The second-order valence-corrected chi connectivity index (χ2v) is 9.82. The van der Waals surface area contributed by atoms with Gasteiger partial charge in [-0.1, -0.05) is 24.6 Å². The number of rotatable bonds is 5. The summed E-state index contributed by atoms with van der Waals surface area (Å²) in [5.74, 6) is -0.0658. The van der Waals surface area contributed by atoms with Gasteiger partial charge in [0.2, 0.25) is 0 Å². The van der Waals surface area contributed by atoms with Gasteiger partial charge < -0.3 is 16.5 Å². The molecule has 1 aliphatic heterocycles. The number of benzene rings is 1. The van der Waals surface area contributed by atoms with E-state index in [0.29, 0.717) is 23.9 Å². The van der Waals surface area contributed by atoms with Crippen molar-refractivity contribution in [3.63, 3.8) is 0 Å². The fraction of sp³-hybridized carbons (Fsp3) is 0.350. The van der Waals surface area contributed by atoms with Gasteiger partial charge in [0.15, 0.2) is 0 Å². The molecule has 0 radical (unpaired) electrons. The lowest BCUT2D eigenvalue weighted by molar-refractivity contribution is 0.100. The molecule has 0 bridgehead atoms. The van der Waals surface area contributed by atoms with Crippen LogP contribution in [0.1, 0.15) is 53.6 Å². The van der Waals surface area contributed by atoms with Gasteiger partial charge in [-0.2, -0.15) is 0 Å². The van der Waals surface area contributed by atoms with E-state index in [1.165, 1.54) is 0 Å². The van der Waals surface area contributed by atoms with E-state index in [1.54, 1.807) is 12.1 Å². The maximum atomic E-state index is 12.1. The van der Waals surface area contributed by atoms with Crippen LogP contribution < -0.4 is 11.5 Å². The van der Waals surface area contributed by atoms with Crippen LogP contribution in [0.4, 0.5) is 0 Å². The molecule has 1 amide bonds. The Hall–Kier alpha value is -2.25.